The molecule has 1 aromatic rings. The van der Waals surface area contributed by atoms with Crippen LogP contribution in [0.4, 0.5) is 5.69 Å². The predicted molar refractivity (Wildman–Crippen MR) is 83.2 cm³/mol. The summed E-state index contributed by atoms with van der Waals surface area (Å²) in [4.78, 5) is 10.5. The second-order valence-corrected chi connectivity index (χ2v) is 7.57. The van der Waals surface area contributed by atoms with E-state index >= 15 is 0 Å². The largest absolute Gasteiger partial charge is 0.319 e. The number of aryl methyl sites for hydroxylation is 1. The van der Waals surface area contributed by atoms with Gasteiger partial charge in [-0.05, 0) is 51.4 Å². The van der Waals surface area contributed by atoms with Crippen LogP contribution in [0.3, 0.4) is 0 Å². The highest BCUT2D eigenvalue weighted by Crippen LogP contribution is 2.26. The molecule has 1 saturated heterocycles. The smallest absolute Gasteiger partial charge is 0.272 e. The zero-order chi connectivity index (χ0) is 16.3. The molecule has 1 aromatic carbocycles. The average Bonchev–Trinajstić information content (AvgIpc) is 2.47. The van der Waals surface area contributed by atoms with Crippen LogP contribution in [-0.2, 0) is 10.0 Å². The lowest BCUT2D eigenvalue weighted by Gasteiger charge is -2.31. The van der Waals surface area contributed by atoms with E-state index in [0.717, 1.165) is 19.4 Å². The summed E-state index contributed by atoms with van der Waals surface area (Å²) >= 11 is 0. The quantitative estimate of drug-likeness (QED) is 0.654. The molecule has 1 atom stereocenters. The van der Waals surface area contributed by atoms with Gasteiger partial charge in [-0.2, -0.15) is 4.31 Å². The maximum Gasteiger partial charge on any atom is 0.272 e. The number of sulfonamides is 1. The summed E-state index contributed by atoms with van der Waals surface area (Å²) in [6, 6.07) is 3.97. The molecule has 0 saturated carbocycles. The van der Waals surface area contributed by atoms with Crippen LogP contribution in [-0.4, -0.2) is 44.3 Å². The lowest BCUT2D eigenvalue weighted by Crippen LogP contribution is -2.42. The first-order valence-electron chi connectivity index (χ1n) is 7.26. The number of nitrogens with one attached hydrogen (secondary N) is 1. The third-order valence-corrected chi connectivity index (χ3v) is 5.84. The molecule has 1 aliphatic rings. The molecular weight excluding hydrogens is 306 g/mol. The summed E-state index contributed by atoms with van der Waals surface area (Å²) in [5, 5.41) is 13.9. The van der Waals surface area contributed by atoms with E-state index in [2.05, 4.69) is 5.32 Å². The summed E-state index contributed by atoms with van der Waals surface area (Å²) in [5.41, 5.74) is 0.292. The minimum atomic E-state index is -3.60. The lowest BCUT2D eigenvalue weighted by atomic mass is 10.00. The van der Waals surface area contributed by atoms with E-state index < -0.39 is 14.9 Å². The number of benzene rings is 1. The Bertz CT molecular complexity index is 658. The molecule has 22 heavy (non-hydrogen) atoms. The first kappa shape index (κ1) is 16.9. The van der Waals surface area contributed by atoms with Crippen LogP contribution in [0.5, 0.6) is 0 Å². The van der Waals surface area contributed by atoms with E-state index in [1.807, 2.05) is 7.05 Å². The monoisotopic (exact) mass is 327 g/mol. The summed E-state index contributed by atoms with van der Waals surface area (Å²) in [6.45, 7) is 3.32. The van der Waals surface area contributed by atoms with Crippen molar-refractivity contribution < 1.29 is 13.3 Å². The van der Waals surface area contributed by atoms with E-state index in [0.29, 0.717) is 24.6 Å². The van der Waals surface area contributed by atoms with Gasteiger partial charge in [0.25, 0.3) is 5.69 Å². The minimum Gasteiger partial charge on any atom is -0.319 e. The van der Waals surface area contributed by atoms with Crippen molar-refractivity contribution in [2.75, 3.05) is 26.7 Å². The number of hydrogen-bond donors (Lipinski definition) is 1. The van der Waals surface area contributed by atoms with Crippen LogP contribution in [0.25, 0.3) is 0 Å². The van der Waals surface area contributed by atoms with E-state index in [1.165, 1.54) is 22.5 Å². The maximum atomic E-state index is 12.7. The average molecular weight is 327 g/mol. The SMILES string of the molecule is CNCC1CCCN(S(=O)(=O)c2ccc([N+](=O)[O-])c(C)c2)C1. The first-order chi connectivity index (χ1) is 10.4. The maximum absolute atomic E-state index is 12.7. The number of piperidine rings is 1. The van der Waals surface area contributed by atoms with Crippen molar-refractivity contribution in [3.05, 3.63) is 33.9 Å². The molecule has 1 unspecified atom stereocenters. The van der Waals surface area contributed by atoms with E-state index in [9.17, 15) is 18.5 Å². The van der Waals surface area contributed by atoms with E-state index in [1.54, 1.807) is 6.92 Å². The highest BCUT2D eigenvalue weighted by molar-refractivity contribution is 7.89. The highest BCUT2D eigenvalue weighted by atomic mass is 32.2. The van der Waals surface area contributed by atoms with Crippen LogP contribution < -0.4 is 5.32 Å². The third kappa shape index (κ3) is 3.45. The van der Waals surface area contributed by atoms with Crippen molar-refractivity contribution in [2.24, 2.45) is 5.92 Å². The normalized spacial score (nSPS) is 20.0. The Labute approximate surface area is 130 Å². The Hall–Kier alpha value is -1.51. The van der Waals surface area contributed by atoms with Gasteiger partial charge in [-0.15, -0.1) is 0 Å². The Morgan fingerprint density at radius 3 is 2.77 bits per heavy atom. The molecule has 7 nitrogen and oxygen atoms in total. The fraction of sp³-hybridized carbons (Fsp3) is 0.571. The molecule has 0 spiro atoms. The number of nitro benzene ring substituents is 1. The van der Waals surface area contributed by atoms with Gasteiger partial charge in [-0.25, -0.2) is 8.42 Å². The molecule has 0 bridgehead atoms. The van der Waals surface area contributed by atoms with Crippen molar-refractivity contribution in [3.8, 4) is 0 Å². The summed E-state index contributed by atoms with van der Waals surface area (Å²) < 4.78 is 26.9. The summed E-state index contributed by atoms with van der Waals surface area (Å²) in [6.07, 6.45) is 1.84. The van der Waals surface area contributed by atoms with Gasteiger partial charge < -0.3 is 5.32 Å². The standard InChI is InChI=1S/C14H21N3O4S/c1-11-8-13(5-6-14(11)17(18)19)22(20,21)16-7-3-4-12(10-16)9-15-2/h5-6,8,12,15H,3-4,7,9-10H2,1-2H3. The molecule has 0 amide bonds. The molecule has 8 heteroatoms. The number of nitrogens with zero attached hydrogens (tertiary/aromatic N) is 2. The molecule has 1 aliphatic heterocycles. The van der Waals surface area contributed by atoms with Crippen LogP contribution in [0, 0.1) is 23.0 Å². The summed E-state index contributed by atoms with van der Waals surface area (Å²) in [7, 11) is -1.74. The van der Waals surface area contributed by atoms with E-state index in [4.69, 9.17) is 0 Å². The van der Waals surface area contributed by atoms with Gasteiger partial charge in [-0.1, -0.05) is 0 Å². The molecule has 122 valence electrons. The topological polar surface area (TPSA) is 92.6 Å². The van der Waals surface area contributed by atoms with Crippen molar-refractivity contribution in [2.45, 2.75) is 24.7 Å². The van der Waals surface area contributed by atoms with Crippen molar-refractivity contribution in [3.63, 3.8) is 0 Å². The van der Waals surface area contributed by atoms with Gasteiger partial charge in [0.15, 0.2) is 0 Å². The van der Waals surface area contributed by atoms with Gasteiger partial charge in [0.2, 0.25) is 10.0 Å². The van der Waals surface area contributed by atoms with Crippen molar-refractivity contribution in [1.82, 2.24) is 9.62 Å². The molecule has 1 heterocycles. The minimum absolute atomic E-state index is 0.0642. The van der Waals surface area contributed by atoms with E-state index in [-0.39, 0.29) is 10.6 Å². The molecule has 1 N–H and O–H groups in total. The van der Waals surface area contributed by atoms with Crippen molar-refractivity contribution >= 4 is 15.7 Å². The molecule has 2 rings (SSSR count). The summed E-state index contributed by atoms with van der Waals surface area (Å²) in [5.74, 6) is 0.299. The fourth-order valence-electron chi connectivity index (χ4n) is 2.84. The first-order valence-corrected chi connectivity index (χ1v) is 8.70. The molecule has 1 fully saturated rings. The van der Waals surface area contributed by atoms with Gasteiger partial charge in [0.1, 0.15) is 0 Å². The molecular formula is C14H21N3O4S. The lowest BCUT2D eigenvalue weighted by molar-refractivity contribution is -0.385. The Morgan fingerprint density at radius 1 is 1.45 bits per heavy atom. The second kappa shape index (κ2) is 6.72. The molecule has 0 aromatic heterocycles. The zero-order valence-corrected chi connectivity index (χ0v) is 13.6. The van der Waals surface area contributed by atoms with Crippen molar-refractivity contribution in [1.29, 1.82) is 0 Å². The second-order valence-electron chi connectivity index (χ2n) is 5.63. The highest BCUT2D eigenvalue weighted by Gasteiger charge is 2.30. The van der Waals surface area contributed by atoms with Crippen LogP contribution >= 0.6 is 0 Å². The number of rotatable bonds is 5. The van der Waals surface area contributed by atoms with Gasteiger partial charge >= 0.3 is 0 Å². The molecule has 0 radical (unpaired) electrons. The number of nitro groups is 1. The van der Waals surface area contributed by atoms with Crippen LogP contribution in [0.2, 0.25) is 0 Å². The fourth-order valence-corrected chi connectivity index (χ4v) is 4.48. The zero-order valence-electron chi connectivity index (χ0n) is 12.8. The Kier molecular flexibility index (Phi) is 5.15. The Morgan fingerprint density at radius 2 is 2.18 bits per heavy atom. The van der Waals surface area contributed by atoms with Crippen LogP contribution in [0.1, 0.15) is 18.4 Å². The molecule has 0 aliphatic carbocycles. The van der Waals surface area contributed by atoms with Gasteiger partial charge in [-0.3, -0.25) is 10.1 Å². The van der Waals surface area contributed by atoms with Crippen LogP contribution in [0.15, 0.2) is 23.1 Å². The number of hydrogen-bond acceptors (Lipinski definition) is 5. The Balaban J connectivity index is 2.26. The van der Waals surface area contributed by atoms with Gasteiger partial charge in [0, 0.05) is 24.7 Å². The van der Waals surface area contributed by atoms with Gasteiger partial charge in [0.05, 0.1) is 9.82 Å². The predicted octanol–water partition coefficient (Wildman–Crippen LogP) is 1.52. The third-order valence-electron chi connectivity index (χ3n) is 3.98.